The minimum Gasteiger partial charge on any atom is -0.396 e. The van der Waals surface area contributed by atoms with Gasteiger partial charge in [0.25, 0.3) is 0 Å². The first-order chi connectivity index (χ1) is 7.20. The molecule has 1 aromatic heterocycles. The molecule has 0 aliphatic carbocycles. The molecule has 2 atom stereocenters. The van der Waals surface area contributed by atoms with E-state index in [2.05, 4.69) is 18.8 Å². The van der Waals surface area contributed by atoms with Gasteiger partial charge in [0.05, 0.1) is 0 Å². The van der Waals surface area contributed by atoms with Crippen molar-refractivity contribution < 1.29 is 5.11 Å². The fraction of sp³-hybridized carbons (Fsp3) is 0.583. The Morgan fingerprint density at radius 1 is 1.53 bits per heavy atom. The summed E-state index contributed by atoms with van der Waals surface area (Å²) in [5.74, 6) is 0.216. The van der Waals surface area contributed by atoms with Gasteiger partial charge in [-0.1, -0.05) is 6.92 Å². The van der Waals surface area contributed by atoms with Crippen molar-refractivity contribution in [3.63, 3.8) is 0 Å². The number of rotatable bonds is 5. The van der Waals surface area contributed by atoms with Crippen LogP contribution in [0.4, 0.5) is 0 Å². The van der Waals surface area contributed by atoms with Gasteiger partial charge < -0.3 is 10.8 Å². The second kappa shape index (κ2) is 5.83. The number of aliphatic hydroxyl groups excluding tert-OH is 1. The second-order valence-electron chi connectivity index (χ2n) is 3.92. The predicted molar refractivity (Wildman–Crippen MR) is 61.7 cm³/mol. The van der Waals surface area contributed by atoms with Gasteiger partial charge in [-0.25, -0.2) is 0 Å². The number of pyridine rings is 1. The van der Waals surface area contributed by atoms with E-state index in [9.17, 15) is 0 Å². The van der Waals surface area contributed by atoms with Gasteiger partial charge in [-0.2, -0.15) is 0 Å². The largest absolute Gasteiger partial charge is 0.396 e. The summed E-state index contributed by atoms with van der Waals surface area (Å²) in [6.07, 6.45) is 5.28. The van der Waals surface area contributed by atoms with Gasteiger partial charge in [-0.15, -0.1) is 0 Å². The van der Waals surface area contributed by atoms with E-state index >= 15 is 0 Å². The van der Waals surface area contributed by atoms with Crippen LogP contribution < -0.4 is 5.73 Å². The van der Waals surface area contributed by atoms with Crippen LogP contribution in [0.2, 0.25) is 0 Å². The summed E-state index contributed by atoms with van der Waals surface area (Å²) in [4.78, 5) is 4.13. The fourth-order valence-electron chi connectivity index (χ4n) is 1.89. The van der Waals surface area contributed by atoms with Gasteiger partial charge in [0.2, 0.25) is 0 Å². The number of hydrogen-bond donors (Lipinski definition) is 2. The number of hydrogen-bond acceptors (Lipinski definition) is 3. The molecule has 0 saturated heterocycles. The summed E-state index contributed by atoms with van der Waals surface area (Å²) in [6, 6.07) is 2.09. The zero-order valence-corrected chi connectivity index (χ0v) is 9.48. The minimum atomic E-state index is 0.0973. The maximum Gasteiger partial charge on any atom is 0.0437 e. The molecule has 3 nitrogen and oxygen atoms in total. The molecule has 0 radical (unpaired) electrons. The average molecular weight is 208 g/mol. The Kier molecular flexibility index (Phi) is 4.72. The lowest BCUT2D eigenvalue weighted by Crippen LogP contribution is -2.29. The van der Waals surface area contributed by atoms with Gasteiger partial charge in [0, 0.05) is 31.0 Å². The van der Waals surface area contributed by atoms with Crippen molar-refractivity contribution in [2.75, 3.05) is 6.61 Å². The number of nitrogens with two attached hydrogens (primary N) is 1. The molecule has 1 heterocycles. The van der Waals surface area contributed by atoms with Crippen LogP contribution in [0.15, 0.2) is 18.5 Å². The van der Waals surface area contributed by atoms with Gasteiger partial charge in [-0.05, 0) is 37.0 Å². The molecular weight excluding hydrogens is 188 g/mol. The van der Waals surface area contributed by atoms with Crippen molar-refractivity contribution in [1.29, 1.82) is 0 Å². The SMILES string of the molecule is CCC(N)C(CCO)c1cnccc1C. The van der Waals surface area contributed by atoms with Gasteiger partial charge >= 0.3 is 0 Å². The lowest BCUT2D eigenvalue weighted by molar-refractivity contribution is 0.266. The van der Waals surface area contributed by atoms with E-state index in [1.165, 1.54) is 11.1 Å². The van der Waals surface area contributed by atoms with Crippen molar-refractivity contribution in [2.24, 2.45) is 5.73 Å². The molecule has 0 spiro atoms. The molecule has 15 heavy (non-hydrogen) atoms. The van der Waals surface area contributed by atoms with Crippen LogP contribution in [0.25, 0.3) is 0 Å². The molecule has 3 N–H and O–H groups in total. The first-order valence-corrected chi connectivity index (χ1v) is 5.47. The zero-order valence-electron chi connectivity index (χ0n) is 9.48. The second-order valence-corrected chi connectivity index (χ2v) is 3.92. The molecule has 0 bridgehead atoms. The maximum absolute atomic E-state index is 9.06. The van der Waals surface area contributed by atoms with Crippen molar-refractivity contribution in [2.45, 2.75) is 38.6 Å². The molecule has 3 heteroatoms. The molecule has 84 valence electrons. The Balaban J connectivity index is 2.93. The monoisotopic (exact) mass is 208 g/mol. The van der Waals surface area contributed by atoms with Crippen LogP contribution in [-0.4, -0.2) is 22.7 Å². The van der Waals surface area contributed by atoms with E-state index in [0.29, 0.717) is 6.42 Å². The van der Waals surface area contributed by atoms with E-state index < -0.39 is 0 Å². The molecule has 0 amide bonds. The van der Waals surface area contributed by atoms with Crippen LogP contribution in [0.1, 0.15) is 36.8 Å². The van der Waals surface area contributed by atoms with Gasteiger partial charge in [0.1, 0.15) is 0 Å². The Morgan fingerprint density at radius 3 is 2.80 bits per heavy atom. The quantitative estimate of drug-likeness (QED) is 0.772. The lowest BCUT2D eigenvalue weighted by atomic mass is 9.86. The highest BCUT2D eigenvalue weighted by atomic mass is 16.3. The molecule has 0 aliphatic heterocycles. The van der Waals surface area contributed by atoms with Crippen LogP contribution >= 0.6 is 0 Å². The average Bonchev–Trinajstić information content (AvgIpc) is 2.26. The van der Waals surface area contributed by atoms with E-state index in [4.69, 9.17) is 10.8 Å². The molecule has 0 fully saturated rings. The summed E-state index contributed by atoms with van der Waals surface area (Å²) in [7, 11) is 0. The lowest BCUT2D eigenvalue weighted by Gasteiger charge is -2.23. The smallest absolute Gasteiger partial charge is 0.0437 e. The molecule has 1 rings (SSSR count). The van der Waals surface area contributed by atoms with Gasteiger partial charge in [0.15, 0.2) is 0 Å². The summed E-state index contributed by atoms with van der Waals surface area (Å²) in [6.45, 7) is 4.30. The summed E-state index contributed by atoms with van der Waals surface area (Å²) >= 11 is 0. The maximum atomic E-state index is 9.06. The third-order valence-electron chi connectivity index (χ3n) is 2.91. The zero-order chi connectivity index (χ0) is 11.3. The predicted octanol–water partition coefficient (Wildman–Crippen LogP) is 1.59. The van der Waals surface area contributed by atoms with E-state index in [1.807, 2.05) is 12.3 Å². The van der Waals surface area contributed by atoms with Crippen molar-refractivity contribution in [3.05, 3.63) is 29.6 Å². The highest BCUT2D eigenvalue weighted by Gasteiger charge is 2.19. The number of nitrogens with zero attached hydrogens (tertiary/aromatic N) is 1. The van der Waals surface area contributed by atoms with Crippen molar-refractivity contribution in [1.82, 2.24) is 4.98 Å². The minimum absolute atomic E-state index is 0.0973. The third kappa shape index (κ3) is 3.01. The number of aromatic nitrogens is 1. The van der Waals surface area contributed by atoms with Crippen molar-refractivity contribution in [3.8, 4) is 0 Å². The topological polar surface area (TPSA) is 59.1 Å². The van der Waals surface area contributed by atoms with Crippen LogP contribution in [-0.2, 0) is 0 Å². The highest BCUT2D eigenvalue weighted by Crippen LogP contribution is 2.25. The molecular formula is C12H20N2O. The van der Waals surface area contributed by atoms with E-state index in [0.717, 1.165) is 6.42 Å². The molecule has 0 aromatic carbocycles. The number of aliphatic hydroxyl groups is 1. The van der Waals surface area contributed by atoms with E-state index in [1.54, 1.807) is 6.20 Å². The van der Waals surface area contributed by atoms with E-state index in [-0.39, 0.29) is 18.6 Å². The Labute approximate surface area is 91.3 Å². The molecule has 0 aliphatic rings. The highest BCUT2D eigenvalue weighted by molar-refractivity contribution is 5.26. The first-order valence-electron chi connectivity index (χ1n) is 5.47. The summed E-state index contributed by atoms with van der Waals surface area (Å²) < 4.78 is 0. The van der Waals surface area contributed by atoms with Crippen LogP contribution in [0.3, 0.4) is 0 Å². The fourth-order valence-corrected chi connectivity index (χ4v) is 1.89. The third-order valence-corrected chi connectivity index (χ3v) is 2.91. The summed E-state index contributed by atoms with van der Waals surface area (Å²) in [5.41, 5.74) is 8.43. The molecule has 0 saturated carbocycles. The van der Waals surface area contributed by atoms with Gasteiger partial charge in [-0.3, -0.25) is 4.98 Å². The number of aryl methyl sites for hydroxylation is 1. The van der Waals surface area contributed by atoms with Crippen LogP contribution in [0.5, 0.6) is 0 Å². The molecule has 1 aromatic rings. The van der Waals surface area contributed by atoms with Crippen LogP contribution in [0, 0.1) is 6.92 Å². The normalized spacial score (nSPS) is 14.9. The Hall–Kier alpha value is -0.930. The Morgan fingerprint density at radius 2 is 2.27 bits per heavy atom. The Bertz CT molecular complexity index is 301. The first kappa shape index (κ1) is 12.1. The molecule has 2 unspecified atom stereocenters. The standard InChI is InChI=1S/C12H20N2O/c1-3-12(13)10(5-7-15)11-8-14-6-4-9(11)2/h4,6,8,10,12,15H,3,5,7,13H2,1-2H3. The summed E-state index contributed by atoms with van der Waals surface area (Å²) in [5, 5.41) is 9.06. The van der Waals surface area contributed by atoms with Crippen molar-refractivity contribution >= 4 is 0 Å².